The normalized spacial score (nSPS) is 11.1. The van der Waals surface area contributed by atoms with E-state index in [2.05, 4.69) is 10.5 Å². The van der Waals surface area contributed by atoms with E-state index in [4.69, 9.17) is 0 Å². The Morgan fingerprint density at radius 3 is 1.97 bits per heavy atom. The molecule has 0 saturated heterocycles. The summed E-state index contributed by atoms with van der Waals surface area (Å²) in [6.07, 6.45) is 0.485. The minimum Gasteiger partial charge on any atom is -0.271 e. The van der Waals surface area contributed by atoms with E-state index in [1.807, 2.05) is 84.9 Å². The molecule has 1 N–H and O–H groups in total. The number of hydrogen-bond donors (Lipinski definition) is 1. The lowest BCUT2D eigenvalue weighted by molar-refractivity contribution is -0.393. The second-order valence-corrected chi connectivity index (χ2v) is 7.49. The zero-order chi connectivity index (χ0) is 23.9. The molecule has 4 aromatic rings. The molecule has 0 aliphatic heterocycles. The standard InChI is InChI=1S/C26H20N4O4/c31-29(32)23-15-16-24(26(18-23)30(33)34)27-28-25(17-19-7-3-1-4-8-19)22-13-11-21(12-14-22)20-9-5-2-6-10-20/h1-16,18,27H,17H2. The summed E-state index contributed by atoms with van der Waals surface area (Å²) >= 11 is 0. The van der Waals surface area contributed by atoms with Crippen LogP contribution in [-0.4, -0.2) is 15.6 Å². The molecule has 0 fully saturated rings. The summed E-state index contributed by atoms with van der Waals surface area (Å²) < 4.78 is 0. The third-order valence-corrected chi connectivity index (χ3v) is 5.24. The van der Waals surface area contributed by atoms with Gasteiger partial charge in [0.2, 0.25) is 0 Å². The summed E-state index contributed by atoms with van der Waals surface area (Å²) in [5, 5.41) is 26.9. The monoisotopic (exact) mass is 452 g/mol. The Balaban J connectivity index is 1.68. The van der Waals surface area contributed by atoms with Crippen molar-refractivity contribution in [1.29, 1.82) is 0 Å². The van der Waals surface area contributed by atoms with Gasteiger partial charge in [-0.3, -0.25) is 25.7 Å². The molecule has 8 nitrogen and oxygen atoms in total. The summed E-state index contributed by atoms with van der Waals surface area (Å²) in [4.78, 5) is 21.1. The van der Waals surface area contributed by atoms with Crippen molar-refractivity contribution in [1.82, 2.24) is 0 Å². The predicted octanol–water partition coefficient (Wildman–Crippen LogP) is 6.23. The highest BCUT2D eigenvalue weighted by atomic mass is 16.6. The molecule has 168 valence electrons. The van der Waals surface area contributed by atoms with E-state index >= 15 is 0 Å². The molecule has 0 aliphatic rings. The average molecular weight is 452 g/mol. The summed E-state index contributed by atoms with van der Waals surface area (Å²) in [5.41, 5.74) is 6.73. The van der Waals surface area contributed by atoms with Crippen LogP contribution in [0.1, 0.15) is 11.1 Å². The van der Waals surface area contributed by atoms with Gasteiger partial charge < -0.3 is 0 Å². The topological polar surface area (TPSA) is 111 Å². The summed E-state index contributed by atoms with van der Waals surface area (Å²) in [7, 11) is 0. The first kappa shape index (κ1) is 22.3. The van der Waals surface area contributed by atoms with Gasteiger partial charge in [-0.1, -0.05) is 84.9 Å². The lowest BCUT2D eigenvalue weighted by Crippen LogP contribution is -2.09. The average Bonchev–Trinajstić information content (AvgIpc) is 2.87. The highest BCUT2D eigenvalue weighted by Gasteiger charge is 2.19. The Kier molecular flexibility index (Phi) is 6.69. The second-order valence-electron chi connectivity index (χ2n) is 7.49. The van der Waals surface area contributed by atoms with Gasteiger partial charge in [-0.15, -0.1) is 0 Å². The Morgan fingerprint density at radius 2 is 1.35 bits per heavy atom. The highest BCUT2D eigenvalue weighted by Crippen LogP contribution is 2.29. The van der Waals surface area contributed by atoms with Crippen molar-refractivity contribution in [3.05, 3.63) is 134 Å². The van der Waals surface area contributed by atoms with E-state index < -0.39 is 15.5 Å². The zero-order valence-electron chi connectivity index (χ0n) is 18.0. The molecule has 0 saturated carbocycles. The third-order valence-electron chi connectivity index (χ3n) is 5.24. The van der Waals surface area contributed by atoms with E-state index in [0.29, 0.717) is 12.1 Å². The van der Waals surface area contributed by atoms with Gasteiger partial charge in [-0.05, 0) is 28.3 Å². The van der Waals surface area contributed by atoms with Gasteiger partial charge in [0, 0.05) is 12.5 Å². The van der Waals surface area contributed by atoms with Crippen LogP contribution < -0.4 is 5.43 Å². The SMILES string of the molecule is O=[N+]([O-])c1ccc(NN=C(Cc2ccccc2)c2ccc(-c3ccccc3)cc2)c([N+](=O)[O-])c1. The first-order chi connectivity index (χ1) is 16.5. The maximum atomic E-state index is 11.5. The molecule has 0 bridgehead atoms. The highest BCUT2D eigenvalue weighted by molar-refractivity contribution is 6.02. The largest absolute Gasteiger partial charge is 0.301 e. The molecular weight excluding hydrogens is 432 g/mol. The molecular formula is C26H20N4O4. The van der Waals surface area contributed by atoms with Crippen molar-refractivity contribution in [3.8, 4) is 11.1 Å². The zero-order valence-corrected chi connectivity index (χ0v) is 18.0. The first-order valence-corrected chi connectivity index (χ1v) is 10.5. The van der Waals surface area contributed by atoms with E-state index in [1.165, 1.54) is 12.1 Å². The van der Waals surface area contributed by atoms with Crippen LogP contribution in [0.2, 0.25) is 0 Å². The van der Waals surface area contributed by atoms with Gasteiger partial charge >= 0.3 is 5.69 Å². The van der Waals surface area contributed by atoms with Crippen LogP contribution in [0.5, 0.6) is 0 Å². The van der Waals surface area contributed by atoms with Crippen LogP contribution in [0.3, 0.4) is 0 Å². The van der Waals surface area contributed by atoms with Crippen LogP contribution >= 0.6 is 0 Å². The molecule has 0 unspecified atom stereocenters. The number of anilines is 1. The van der Waals surface area contributed by atoms with Crippen molar-refractivity contribution in [2.24, 2.45) is 5.10 Å². The van der Waals surface area contributed by atoms with Crippen LogP contribution in [-0.2, 0) is 6.42 Å². The van der Waals surface area contributed by atoms with Gasteiger partial charge in [-0.25, -0.2) is 0 Å². The molecule has 0 heterocycles. The summed E-state index contributed by atoms with van der Waals surface area (Å²) in [6, 6.07) is 31.0. The van der Waals surface area contributed by atoms with Crippen LogP contribution in [0.15, 0.2) is 108 Å². The number of nitro benzene ring substituents is 2. The Morgan fingerprint density at radius 1 is 0.735 bits per heavy atom. The van der Waals surface area contributed by atoms with Gasteiger partial charge in [0.05, 0.1) is 21.6 Å². The molecule has 4 aromatic carbocycles. The van der Waals surface area contributed by atoms with Crippen LogP contribution in [0, 0.1) is 20.2 Å². The van der Waals surface area contributed by atoms with E-state index in [-0.39, 0.29) is 11.4 Å². The van der Waals surface area contributed by atoms with E-state index in [0.717, 1.165) is 28.3 Å². The molecule has 0 spiro atoms. The number of benzene rings is 4. The molecule has 34 heavy (non-hydrogen) atoms. The molecule has 0 atom stereocenters. The number of nitro groups is 2. The fourth-order valence-corrected chi connectivity index (χ4v) is 3.49. The second kappa shape index (κ2) is 10.2. The predicted molar refractivity (Wildman–Crippen MR) is 132 cm³/mol. The van der Waals surface area contributed by atoms with Crippen LogP contribution in [0.25, 0.3) is 11.1 Å². The van der Waals surface area contributed by atoms with Crippen LogP contribution in [0.4, 0.5) is 17.1 Å². The number of nitrogens with zero attached hydrogens (tertiary/aromatic N) is 3. The smallest absolute Gasteiger partial charge is 0.271 e. The molecule has 8 heteroatoms. The van der Waals surface area contributed by atoms with Crippen molar-refractivity contribution in [2.45, 2.75) is 6.42 Å². The Hall–Kier alpha value is -4.85. The van der Waals surface area contributed by atoms with Gasteiger partial charge in [0.25, 0.3) is 5.69 Å². The first-order valence-electron chi connectivity index (χ1n) is 10.5. The van der Waals surface area contributed by atoms with Crippen molar-refractivity contribution >= 4 is 22.8 Å². The maximum absolute atomic E-state index is 11.5. The molecule has 0 radical (unpaired) electrons. The number of nitrogens with one attached hydrogen (secondary N) is 1. The number of non-ortho nitro benzene ring substituents is 1. The molecule has 0 aliphatic carbocycles. The minimum atomic E-state index is -0.671. The molecule has 0 aromatic heterocycles. The molecule has 0 amide bonds. The number of rotatable bonds is 8. The maximum Gasteiger partial charge on any atom is 0.301 e. The summed E-state index contributed by atoms with van der Waals surface area (Å²) in [5.74, 6) is 0. The van der Waals surface area contributed by atoms with Crippen molar-refractivity contribution in [2.75, 3.05) is 5.43 Å². The van der Waals surface area contributed by atoms with E-state index in [1.54, 1.807) is 0 Å². The fourth-order valence-electron chi connectivity index (χ4n) is 3.49. The lowest BCUT2D eigenvalue weighted by Gasteiger charge is -2.10. The Bertz CT molecular complexity index is 1340. The van der Waals surface area contributed by atoms with Gasteiger partial charge in [0.1, 0.15) is 5.69 Å². The van der Waals surface area contributed by atoms with E-state index in [9.17, 15) is 20.2 Å². The summed E-state index contributed by atoms with van der Waals surface area (Å²) in [6.45, 7) is 0. The van der Waals surface area contributed by atoms with Crippen molar-refractivity contribution in [3.63, 3.8) is 0 Å². The number of hydrogen-bond acceptors (Lipinski definition) is 6. The quantitative estimate of drug-likeness (QED) is 0.194. The van der Waals surface area contributed by atoms with Crippen molar-refractivity contribution < 1.29 is 9.85 Å². The molecule has 4 rings (SSSR count). The lowest BCUT2D eigenvalue weighted by atomic mass is 9.99. The van der Waals surface area contributed by atoms with Gasteiger partial charge in [0.15, 0.2) is 0 Å². The van der Waals surface area contributed by atoms with Gasteiger partial charge in [-0.2, -0.15) is 5.10 Å². The Labute approximate surface area is 195 Å². The minimum absolute atomic E-state index is 0.0714. The third kappa shape index (κ3) is 5.31. The number of hydrazone groups is 1. The fraction of sp³-hybridized carbons (Fsp3) is 0.0385.